The van der Waals surface area contributed by atoms with Gasteiger partial charge in [0.05, 0.1) is 12.2 Å². The van der Waals surface area contributed by atoms with Gasteiger partial charge in [-0.25, -0.2) is 9.18 Å². The number of hydrogen-bond acceptors (Lipinski definition) is 4. The van der Waals surface area contributed by atoms with E-state index in [0.717, 1.165) is 17.5 Å². The maximum Gasteiger partial charge on any atom is 0.414 e. The van der Waals surface area contributed by atoms with Crippen LogP contribution in [0.5, 0.6) is 17.2 Å². The number of carbonyl (C=O) groups is 1. The zero-order chi connectivity index (χ0) is 21.8. The molecule has 3 aromatic rings. The van der Waals surface area contributed by atoms with Gasteiger partial charge < -0.3 is 14.2 Å². The summed E-state index contributed by atoms with van der Waals surface area (Å²) in [5.41, 5.74) is 2.55. The number of hydrogen-bond donors (Lipinski definition) is 0. The molecule has 1 fully saturated rings. The number of benzene rings is 3. The van der Waals surface area contributed by atoms with Crippen molar-refractivity contribution in [1.82, 2.24) is 0 Å². The second kappa shape index (κ2) is 9.08. The zero-order valence-corrected chi connectivity index (χ0v) is 17.5. The van der Waals surface area contributed by atoms with Crippen molar-refractivity contribution in [2.75, 3.05) is 11.4 Å². The minimum Gasteiger partial charge on any atom is -0.485 e. The summed E-state index contributed by atoms with van der Waals surface area (Å²) in [4.78, 5) is 13.3. The summed E-state index contributed by atoms with van der Waals surface area (Å²) in [7, 11) is 0. The van der Waals surface area contributed by atoms with E-state index in [1.807, 2.05) is 42.5 Å². The van der Waals surface area contributed by atoms with Crippen molar-refractivity contribution in [2.45, 2.75) is 33.0 Å². The van der Waals surface area contributed by atoms with Crippen LogP contribution in [0.4, 0.5) is 14.9 Å². The highest BCUT2D eigenvalue weighted by atomic mass is 19.1. The molecule has 1 aliphatic heterocycles. The highest BCUT2D eigenvalue weighted by molar-refractivity contribution is 5.89. The Kier molecular flexibility index (Phi) is 6.07. The first-order chi connectivity index (χ1) is 15.0. The number of nitrogens with zero attached hydrogens (tertiary/aromatic N) is 1. The second-order valence-corrected chi connectivity index (χ2v) is 7.43. The number of amides is 1. The van der Waals surface area contributed by atoms with Gasteiger partial charge in [-0.2, -0.15) is 0 Å². The summed E-state index contributed by atoms with van der Waals surface area (Å²) in [6.45, 7) is 4.61. The quantitative estimate of drug-likeness (QED) is 0.462. The maximum absolute atomic E-state index is 14.8. The fourth-order valence-electron chi connectivity index (χ4n) is 3.38. The van der Waals surface area contributed by atoms with Crippen molar-refractivity contribution in [3.05, 3.63) is 83.7 Å². The van der Waals surface area contributed by atoms with Crippen LogP contribution in [0.25, 0.3) is 0 Å². The lowest BCUT2D eigenvalue weighted by Gasteiger charge is -2.16. The van der Waals surface area contributed by atoms with E-state index in [0.29, 0.717) is 30.3 Å². The molecule has 0 aromatic heterocycles. The topological polar surface area (TPSA) is 48.0 Å². The number of rotatable bonds is 7. The van der Waals surface area contributed by atoms with Crippen molar-refractivity contribution in [3.63, 3.8) is 0 Å². The summed E-state index contributed by atoms with van der Waals surface area (Å²) < 4.78 is 31.8. The highest BCUT2D eigenvalue weighted by Gasteiger charge is 2.30. The fraction of sp³-hybridized carbons (Fsp3) is 0.240. The Morgan fingerprint density at radius 3 is 2.45 bits per heavy atom. The lowest BCUT2D eigenvalue weighted by molar-refractivity contribution is 0.150. The molecule has 0 N–H and O–H groups in total. The third-order valence-corrected chi connectivity index (χ3v) is 5.06. The van der Waals surface area contributed by atoms with E-state index in [2.05, 4.69) is 6.92 Å². The Hall–Kier alpha value is -3.54. The van der Waals surface area contributed by atoms with Crippen LogP contribution in [0.3, 0.4) is 0 Å². The summed E-state index contributed by atoms with van der Waals surface area (Å²) >= 11 is 0. The molecule has 0 bridgehead atoms. The van der Waals surface area contributed by atoms with E-state index in [4.69, 9.17) is 14.2 Å². The standard InChI is InChI=1S/C25H24FNO4/c1-3-18-9-11-23(24(13-18)29-16-19-7-5-4-6-8-19)31-22-12-10-20(14-21(22)26)27-15-17(2)30-25(27)28/h4-14,17H,3,15-16H2,1-2H3. The molecule has 0 radical (unpaired) electrons. The van der Waals surface area contributed by atoms with Gasteiger partial charge in [0.25, 0.3) is 0 Å². The fourth-order valence-corrected chi connectivity index (χ4v) is 3.38. The molecular weight excluding hydrogens is 397 g/mol. The number of carbonyl (C=O) groups excluding carboxylic acids is 1. The monoisotopic (exact) mass is 421 g/mol. The number of ether oxygens (including phenoxy) is 3. The first-order valence-electron chi connectivity index (χ1n) is 10.3. The molecule has 1 saturated heterocycles. The van der Waals surface area contributed by atoms with E-state index >= 15 is 0 Å². The van der Waals surface area contributed by atoms with E-state index in [-0.39, 0.29) is 11.9 Å². The van der Waals surface area contributed by atoms with Gasteiger partial charge in [0.1, 0.15) is 12.7 Å². The average molecular weight is 421 g/mol. The molecular formula is C25H24FNO4. The molecule has 1 aliphatic rings. The summed E-state index contributed by atoms with van der Waals surface area (Å²) in [6, 6.07) is 19.9. The number of cyclic esters (lactones) is 1. The van der Waals surface area contributed by atoms with Crippen LogP contribution < -0.4 is 14.4 Å². The molecule has 1 atom stereocenters. The first-order valence-corrected chi connectivity index (χ1v) is 10.3. The van der Waals surface area contributed by atoms with Crippen molar-refractivity contribution in [3.8, 4) is 17.2 Å². The summed E-state index contributed by atoms with van der Waals surface area (Å²) in [5.74, 6) is 0.453. The zero-order valence-electron chi connectivity index (χ0n) is 17.5. The molecule has 31 heavy (non-hydrogen) atoms. The molecule has 0 saturated carbocycles. The Morgan fingerprint density at radius 1 is 1.00 bits per heavy atom. The van der Waals surface area contributed by atoms with Crippen molar-refractivity contribution in [1.29, 1.82) is 0 Å². The predicted octanol–water partition coefficient (Wildman–Crippen LogP) is 6.10. The van der Waals surface area contributed by atoms with Gasteiger partial charge in [-0.3, -0.25) is 4.90 Å². The molecule has 5 nitrogen and oxygen atoms in total. The Labute approximate surface area is 181 Å². The van der Waals surface area contributed by atoms with Crippen LogP contribution in [-0.2, 0) is 17.8 Å². The van der Waals surface area contributed by atoms with Crippen molar-refractivity contribution in [2.24, 2.45) is 0 Å². The highest BCUT2D eigenvalue weighted by Crippen LogP contribution is 2.36. The van der Waals surface area contributed by atoms with Gasteiger partial charge in [-0.15, -0.1) is 0 Å². The second-order valence-electron chi connectivity index (χ2n) is 7.43. The average Bonchev–Trinajstić information content (AvgIpc) is 3.12. The third-order valence-electron chi connectivity index (χ3n) is 5.06. The Bertz CT molecular complexity index is 1070. The van der Waals surface area contributed by atoms with Crippen LogP contribution in [0.1, 0.15) is 25.0 Å². The smallest absolute Gasteiger partial charge is 0.414 e. The molecule has 1 unspecified atom stereocenters. The van der Waals surface area contributed by atoms with Crippen molar-refractivity contribution < 1.29 is 23.4 Å². The SMILES string of the molecule is CCc1ccc(Oc2ccc(N3CC(C)OC3=O)cc2F)c(OCc2ccccc2)c1. The molecule has 0 aliphatic carbocycles. The minimum atomic E-state index is -0.571. The molecule has 1 heterocycles. The van der Waals surface area contributed by atoms with Gasteiger partial charge in [0.15, 0.2) is 23.1 Å². The van der Waals surface area contributed by atoms with Crippen LogP contribution >= 0.6 is 0 Å². The summed E-state index contributed by atoms with van der Waals surface area (Å²) in [6.07, 6.45) is 0.135. The van der Waals surface area contributed by atoms with Crippen LogP contribution in [0.15, 0.2) is 66.7 Å². The predicted molar refractivity (Wildman–Crippen MR) is 116 cm³/mol. The molecule has 0 spiro atoms. The number of halogens is 1. The van der Waals surface area contributed by atoms with Crippen LogP contribution in [-0.4, -0.2) is 18.7 Å². The summed E-state index contributed by atoms with van der Waals surface area (Å²) in [5, 5.41) is 0. The molecule has 6 heteroatoms. The van der Waals surface area contributed by atoms with E-state index in [1.165, 1.54) is 17.0 Å². The van der Waals surface area contributed by atoms with Crippen LogP contribution in [0.2, 0.25) is 0 Å². The molecule has 3 aromatic carbocycles. The maximum atomic E-state index is 14.8. The van der Waals surface area contributed by atoms with Gasteiger partial charge in [-0.05, 0) is 48.7 Å². The molecule has 160 valence electrons. The van der Waals surface area contributed by atoms with E-state index in [1.54, 1.807) is 19.1 Å². The molecule has 1 amide bonds. The Balaban J connectivity index is 1.55. The third kappa shape index (κ3) is 4.79. The number of anilines is 1. The molecule has 4 rings (SSSR count). The van der Waals surface area contributed by atoms with Crippen molar-refractivity contribution >= 4 is 11.8 Å². The van der Waals surface area contributed by atoms with E-state index in [9.17, 15) is 9.18 Å². The van der Waals surface area contributed by atoms with Gasteiger partial charge in [-0.1, -0.05) is 43.3 Å². The largest absolute Gasteiger partial charge is 0.485 e. The lowest BCUT2D eigenvalue weighted by atomic mass is 10.1. The number of aryl methyl sites for hydroxylation is 1. The van der Waals surface area contributed by atoms with Gasteiger partial charge >= 0.3 is 6.09 Å². The van der Waals surface area contributed by atoms with Gasteiger partial charge in [0, 0.05) is 6.07 Å². The first kappa shape index (κ1) is 20.7. The normalized spacial score (nSPS) is 15.6. The van der Waals surface area contributed by atoms with E-state index < -0.39 is 11.9 Å². The Morgan fingerprint density at radius 2 is 1.77 bits per heavy atom. The van der Waals surface area contributed by atoms with Crippen LogP contribution in [0, 0.1) is 5.82 Å². The van der Waals surface area contributed by atoms with Gasteiger partial charge in [0.2, 0.25) is 0 Å². The minimum absolute atomic E-state index is 0.0539. The lowest BCUT2D eigenvalue weighted by Crippen LogP contribution is -2.24.